The number of carbonyl (C=O) groups is 4. The number of hydrogen-bond donors (Lipinski definition) is 0. The number of ether oxygens (including phenoxy) is 6. The molecule has 5 atom stereocenters. The van der Waals surface area contributed by atoms with Gasteiger partial charge in [0.25, 0.3) is 0 Å². The van der Waals surface area contributed by atoms with Crippen LogP contribution in [0.4, 0.5) is 0 Å². The van der Waals surface area contributed by atoms with Gasteiger partial charge in [-0.05, 0) is 37.0 Å². The molecule has 11 heteroatoms. The molecule has 0 radical (unpaired) electrons. The topological polar surface area (TPSA) is 124 Å². The lowest BCUT2D eigenvalue weighted by Gasteiger charge is -2.44. The summed E-state index contributed by atoms with van der Waals surface area (Å²) >= 11 is 3.41. The molecule has 0 bridgehead atoms. The smallest absolute Gasteiger partial charge is 0.303 e. The molecule has 35 heavy (non-hydrogen) atoms. The standard InChI is InChI=1S/C24H31BrO10/c1-14(26)31-13-20-21(32-15(2)27)22(33-16(3)28)23(34-17(4)29)24(35-20)30-12-6-5-7-18-8-10-19(25)11-9-18/h8-11,20-24H,5-7,12-13H2,1-4H3/t20-,21-,22+,23-,24-/m1/s1. The summed E-state index contributed by atoms with van der Waals surface area (Å²) in [6.45, 7) is 4.71. The van der Waals surface area contributed by atoms with Crippen LogP contribution in [-0.2, 0) is 54.0 Å². The molecule has 0 unspecified atom stereocenters. The highest BCUT2D eigenvalue weighted by atomic mass is 79.9. The molecule has 10 nitrogen and oxygen atoms in total. The normalized spacial score (nSPS) is 23.7. The summed E-state index contributed by atoms with van der Waals surface area (Å²) in [4.78, 5) is 46.8. The van der Waals surface area contributed by atoms with Gasteiger partial charge in [-0.2, -0.15) is 0 Å². The Kier molecular flexibility index (Phi) is 11.6. The molecule has 0 spiro atoms. The molecule has 1 heterocycles. The zero-order chi connectivity index (χ0) is 26.0. The number of unbranched alkanes of at least 4 members (excludes halogenated alkanes) is 1. The van der Waals surface area contributed by atoms with Gasteiger partial charge in [-0.15, -0.1) is 0 Å². The average molecular weight is 559 g/mol. The predicted octanol–water partition coefficient (Wildman–Crippen LogP) is 2.87. The van der Waals surface area contributed by atoms with Gasteiger partial charge in [-0.25, -0.2) is 0 Å². The molecule has 0 aromatic heterocycles. The number of rotatable bonds is 11. The predicted molar refractivity (Wildman–Crippen MR) is 125 cm³/mol. The van der Waals surface area contributed by atoms with Gasteiger partial charge in [0.2, 0.25) is 0 Å². The van der Waals surface area contributed by atoms with E-state index in [1.807, 2.05) is 24.3 Å². The monoisotopic (exact) mass is 558 g/mol. The van der Waals surface area contributed by atoms with Crippen LogP contribution in [0.15, 0.2) is 28.7 Å². The summed E-state index contributed by atoms with van der Waals surface area (Å²) in [6, 6.07) is 8.02. The third-order valence-corrected chi connectivity index (χ3v) is 5.53. The van der Waals surface area contributed by atoms with Crippen LogP contribution < -0.4 is 0 Å². The molecule has 0 aliphatic carbocycles. The molecular formula is C24H31BrO10. The van der Waals surface area contributed by atoms with E-state index in [0.717, 1.165) is 17.3 Å². The van der Waals surface area contributed by atoms with Crippen LogP contribution in [0.1, 0.15) is 46.1 Å². The molecule has 1 aromatic carbocycles. The first-order chi connectivity index (χ1) is 16.6. The highest BCUT2D eigenvalue weighted by Crippen LogP contribution is 2.30. The van der Waals surface area contributed by atoms with E-state index in [0.29, 0.717) is 6.42 Å². The van der Waals surface area contributed by atoms with Crippen molar-refractivity contribution in [2.75, 3.05) is 13.2 Å². The van der Waals surface area contributed by atoms with Gasteiger partial charge in [0.15, 0.2) is 24.6 Å². The van der Waals surface area contributed by atoms with Crippen LogP contribution in [0.5, 0.6) is 0 Å². The van der Waals surface area contributed by atoms with E-state index in [9.17, 15) is 19.2 Å². The zero-order valence-electron chi connectivity index (χ0n) is 20.2. The number of aryl methyl sites for hydroxylation is 1. The fraction of sp³-hybridized carbons (Fsp3) is 0.583. The van der Waals surface area contributed by atoms with E-state index in [1.165, 1.54) is 33.3 Å². The largest absolute Gasteiger partial charge is 0.463 e. The molecule has 0 saturated carbocycles. The first-order valence-electron chi connectivity index (χ1n) is 11.2. The number of esters is 4. The van der Waals surface area contributed by atoms with Crippen LogP contribution in [0.25, 0.3) is 0 Å². The third-order valence-electron chi connectivity index (χ3n) is 5.00. The Morgan fingerprint density at radius 3 is 1.94 bits per heavy atom. The lowest BCUT2D eigenvalue weighted by Crippen LogP contribution is -2.63. The molecule has 1 aromatic rings. The molecule has 1 fully saturated rings. The zero-order valence-corrected chi connectivity index (χ0v) is 21.8. The quantitative estimate of drug-likeness (QED) is 0.227. The van der Waals surface area contributed by atoms with Gasteiger partial charge < -0.3 is 28.4 Å². The molecule has 2 rings (SSSR count). The Morgan fingerprint density at radius 1 is 0.800 bits per heavy atom. The lowest BCUT2D eigenvalue weighted by molar-refractivity contribution is -0.308. The van der Waals surface area contributed by atoms with Crippen molar-refractivity contribution < 1.29 is 47.6 Å². The third kappa shape index (κ3) is 9.95. The van der Waals surface area contributed by atoms with Gasteiger partial charge in [0.1, 0.15) is 12.7 Å². The van der Waals surface area contributed by atoms with Crippen molar-refractivity contribution in [3.05, 3.63) is 34.3 Å². The Labute approximate surface area is 212 Å². The van der Waals surface area contributed by atoms with E-state index >= 15 is 0 Å². The average Bonchev–Trinajstić information content (AvgIpc) is 2.76. The van der Waals surface area contributed by atoms with Crippen molar-refractivity contribution >= 4 is 39.8 Å². The van der Waals surface area contributed by atoms with Gasteiger partial charge in [-0.1, -0.05) is 28.1 Å². The van der Waals surface area contributed by atoms with Crippen molar-refractivity contribution in [2.24, 2.45) is 0 Å². The SMILES string of the molecule is CC(=O)OC[C@H]1O[C@@H](OCCCCc2ccc(Br)cc2)[C@H](OC(C)=O)[C@@H](OC(C)=O)[C@@H]1OC(C)=O. The lowest BCUT2D eigenvalue weighted by atomic mass is 9.98. The summed E-state index contributed by atoms with van der Waals surface area (Å²) in [7, 11) is 0. The number of carbonyl (C=O) groups excluding carboxylic acids is 4. The van der Waals surface area contributed by atoms with Gasteiger partial charge >= 0.3 is 23.9 Å². The minimum absolute atomic E-state index is 0.254. The minimum Gasteiger partial charge on any atom is -0.463 e. The van der Waals surface area contributed by atoms with E-state index in [1.54, 1.807) is 0 Å². The van der Waals surface area contributed by atoms with E-state index < -0.39 is 54.6 Å². The van der Waals surface area contributed by atoms with Crippen LogP contribution in [0, 0.1) is 0 Å². The summed E-state index contributed by atoms with van der Waals surface area (Å²) < 4.78 is 33.9. The van der Waals surface area contributed by atoms with E-state index in [-0.39, 0.29) is 13.2 Å². The van der Waals surface area contributed by atoms with Crippen molar-refractivity contribution in [3.8, 4) is 0 Å². The van der Waals surface area contributed by atoms with Crippen LogP contribution in [0.2, 0.25) is 0 Å². The summed E-state index contributed by atoms with van der Waals surface area (Å²) in [6.07, 6.45) is -3.47. The fourth-order valence-electron chi connectivity index (χ4n) is 3.60. The van der Waals surface area contributed by atoms with E-state index in [2.05, 4.69) is 15.9 Å². The van der Waals surface area contributed by atoms with Gasteiger partial charge in [0, 0.05) is 38.8 Å². The van der Waals surface area contributed by atoms with Crippen molar-refractivity contribution in [1.29, 1.82) is 0 Å². The van der Waals surface area contributed by atoms with Crippen LogP contribution in [0.3, 0.4) is 0 Å². The van der Waals surface area contributed by atoms with Crippen LogP contribution in [-0.4, -0.2) is 67.8 Å². The molecule has 0 N–H and O–H groups in total. The van der Waals surface area contributed by atoms with Crippen LogP contribution >= 0.6 is 15.9 Å². The molecule has 1 aliphatic rings. The highest BCUT2D eigenvalue weighted by Gasteiger charge is 2.52. The van der Waals surface area contributed by atoms with E-state index in [4.69, 9.17) is 28.4 Å². The van der Waals surface area contributed by atoms with Crippen molar-refractivity contribution in [2.45, 2.75) is 77.7 Å². The number of halogens is 1. The summed E-state index contributed by atoms with van der Waals surface area (Å²) in [5.41, 5.74) is 1.18. The maximum atomic E-state index is 11.8. The molecule has 0 amide bonds. The molecular weight excluding hydrogens is 528 g/mol. The maximum Gasteiger partial charge on any atom is 0.303 e. The van der Waals surface area contributed by atoms with Gasteiger partial charge in [-0.3, -0.25) is 19.2 Å². The fourth-order valence-corrected chi connectivity index (χ4v) is 3.87. The molecule has 1 aliphatic heterocycles. The summed E-state index contributed by atoms with van der Waals surface area (Å²) in [5, 5.41) is 0. The second kappa shape index (κ2) is 14.2. The Hall–Kier alpha value is -2.50. The Morgan fingerprint density at radius 2 is 1.37 bits per heavy atom. The minimum atomic E-state index is -1.23. The van der Waals surface area contributed by atoms with Crippen molar-refractivity contribution in [3.63, 3.8) is 0 Å². The Bertz CT molecular complexity index is 872. The summed E-state index contributed by atoms with van der Waals surface area (Å²) in [5.74, 6) is -2.62. The second-order valence-corrected chi connectivity index (χ2v) is 8.94. The Balaban J connectivity index is 2.13. The molecule has 194 valence electrons. The maximum absolute atomic E-state index is 11.8. The highest BCUT2D eigenvalue weighted by molar-refractivity contribution is 9.10. The number of hydrogen-bond acceptors (Lipinski definition) is 10. The number of benzene rings is 1. The molecule has 1 saturated heterocycles. The first-order valence-corrected chi connectivity index (χ1v) is 12.0. The second-order valence-electron chi connectivity index (χ2n) is 8.02. The first kappa shape index (κ1) is 28.7. The van der Waals surface area contributed by atoms with Gasteiger partial charge in [0.05, 0.1) is 0 Å². The van der Waals surface area contributed by atoms with Crippen molar-refractivity contribution in [1.82, 2.24) is 0 Å².